The fourth-order valence-corrected chi connectivity index (χ4v) is 0.657. The van der Waals surface area contributed by atoms with Crippen molar-refractivity contribution in [2.45, 2.75) is 6.92 Å². The third-order valence-electron chi connectivity index (χ3n) is 1.21. The molecule has 0 atom stereocenters. The van der Waals surface area contributed by atoms with Crippen molar-refractivity contribution in [2.75, 3.05) is 14.2 Å². The first-order valence-corrected chi connectivity index (χ1v) is 3.97. The number of rotatable bonds is 4. The Morgan fingerprint density at radius 1 is 1.07 bits per heavy atom. The van der Waals surface area contributed by atoms with E-state index >= 15 is 0 Å². The molecule has 0 saturated carbocycles. The lowest BCUT2D eigenvalue weighted by atomic mass is 10.7. The maximum absolute atomic E-state index is 5.27. The molecule has 8 nitrogen and oxygen atoms in total. The first-order valence-electron chi connectivity index (χ1n) is 3.97. The highest BCUT2D eigenvalue weighted by atomic mass is 16.6. The van der Waals surface area contributed by atoms with Crippen molar-refractivity contribution < 1.29 is 14.3 Å². The smallest absolute Gasteiger partial charge is 0.355 e. The number of nitrogens with zero attached hydrogens (tertiary/aromatic N) is 4. The first kappa shape index (κ1) is 11.0. The normalized spacial score (nSPS) is 11.0. The molecule has 0 fully saturated rings. The van der Waals surface area contributed by atoms with Crippen LogP contribution in [0.2, 0.25) is 0 Å². The minimum Gasteiger partial charge on any atom is -0.467 e. The van der Waals surface area contributed by atoms with Crippen LogP contribution in [0.25, 0.3) is 0 Å². The predicted octanol–water partition coefficient (Wildman–Crippen LogP) is -0.440. The van der Waals surface area contributed by atoms with Gasteiger partial charge in [-0.1, -0.05) is 5.16 Å². The van der Waals surface area contributed by atoms with E-state index in [9.17, 15) is 0 Å². The molecule has 0 aromatic carbocycles. The van der Waals surface area contributed by atoms with Gasteiger partial charge in [0.05, 0.1) is 14.2 Å². The summed E-state index contributed by atoms with van der Waals surface area (Å²) < 4.78 is 9.60. The van der Waals surface area contributed by atoms with Crippen molar-refractivity contribution in [3.05, 3.63) is 0 Å². The van der Waals surface area contributed by atoms with Gasteiger partial charge in [-0.05, 0) is 6.92 Å². The van der Waals surface area contributed by atoms with Gasteiger partial charge in [-0.2, -0.15) is 0 Å². The molecule has 0 bridgehead atoms. The Kier molecular flexibility index (Phi) is 3.61. The second-order valence-corrected chi connectivity index (χ2v) is 2.42. The minimum atomic E-state index is -0.0523. The van der Waals surface area contributed by atoms with Gasteiger partial charge in [0.25, 0.3) is 0 Å². The van der Waals surface area contributed by atoms with Gasteiger partial charge in [-0.25, -0.2) is 0 Å². The molecule has 0 spiro atoms. The molecular formula is C7H11N5O3. The van der Waals surface area contributed by atoms with Crippen molar-refractivity contribution in [1.82, 2.24) is 15.0 Å². The molecule has 1 rings (SSSR count). The number of hydrogen-bond donors (Lipinski definition) is 1. The van der Waals surface area contributed by atoms with Crippen LogP contribution in [0.1, 0.15) is 6.92 Å². The van der Waals surface area contributed by atoms with Crippen LogP contribution in [-0.2, 0) is 0 Å². The average molecular weight is 213 g/mol. The maximum Gasteiger partial charge on any atom is 0.355 e. The summed E-state index contributed by atoms with van der Waals surface area (Å²) in [7, 11) is 2.83. The van der Waals surface area contributed by atoms with Crippen molar-refractivity contribution >= 4 is 5.84 Å². The molecule has 0 aliphatic heterocycles. The highest BCUT2D eigenvalue weighted by Crippen LogP contribution is 2.13. The molecule has 0 aliphatic rings. The summed E-state index contributed by atoms with van der Waals surface area (Å²) in [6.07, 6.45) is 0. The van der Waals surface area contributed by atoms with E-state index in [4.69, 9.17) is 20.0 Å². The molecule has 1 heterocycles. The van der Waals surface area contributed by atoms with E-state index in [0.717, 1.165) is 0 Å². The summed E-state index contributed by atoms with van der Waals surface area (Å²) in [4.78, 5) is 16.1. The van der Waals surface area contributed by atoms with Crippen LogP contribution in [0, 0.1) is 0 Å². The van der Waals surface area contributed by atoms with Gasteiger partial charge in [-0.3, -0.25) is 0 Å². The lowest BCUT2D eigenvalue weighted by Crippen LogP contribution is -2.08. The van der Waals surface area contributed by atoms with Gasteiger partial charge < -0.3 is 20.0 Å². The van der Waals surface area contributed by atoms with Crippen LogP contribution < -0.4 is 20.0 Å². The SMILES string of the molecule is COc1nc(OC)nc(O/N=C(\C)N)n1. The Labute approximate surface area is 86.1 Å². The minimum absolute atomic E-state index is 0.0523. The van der Waals surface area contributed by atoms with Crippen molar-refractivity contribution in [3.8, 4) is 18.0 Å². The Morgan fingerprint density at radius 3 is 1.93 bits per heavy atom. The average Bonchev–Trinajstić information content (AvgIpc) is 2.25. The molecule has 0 saturated heterocycles. The van der Waals surface area contributed by atoms with Gasteiger partial charge >= 0.3 is 18.0 Å². The molecular weight excluding hydrogens is 202 g/mol. The van der Waals surface area contributed by atoms with Crippen LogP contribution in [0.3, 0.4) is 0 Å². The topological polar surface area (TPSA) is 105 Å². The Bertz CT molecular complexity index is 341. The number of oxime groups is 1. The van der Waals surface area contributed by atoms with Crippen molar-refractivity contribution in [2.24, 2.45) is 10.9 Å². The molecule has 1 aromatic heterocycles. The van der Waals surface area contributed by atoms with Crippen LogP contribution in [-0.4, -0.2) is 35.0 Å². The standard InChI is InChI=1S/C7H11N5O3/c1-4(8)12-15-7-10-5(13-2)9-6(11-7)14-3/h1-3H3,(H2,8,12). The van der Waals surface area contributed by atoms with Gasteiger partial charge in [-0.15, -0.1) is 15.0 Å². The summed E-state index contributed by atoms with van der Waals surface area (Å²) in [6, 6.07) is 0.0898. The van der Waals surface area contributed by atoms with E-state index in [1.54, 1.807) is 6.92 Å². The summed E-state index contributed by atoms with van der Waals surface area (Å²) in [6.45, 7) is 1.57. The zero-order valence-corrected chi connectivity index (χ0v) is 8.59. The number of hydrogen-bond acceptors (Lipinski definition) is 7. The Hall–Kier alpha value is -2.12. The van der Waals surface area contributed by atoms with Gasteiger partial charge in [0, 0.05) is 0 Å². The van der Waals surface area contributed by atoms with Gasteiger partial charge in [0.1, 0.15) is 5.84 Å². The van der Waals surface area contributed by atoms with E-state index in [-0.39, 0.29) is 23.9 Å². The second-order valence-electron chi connectivity index (χ2n) is 2.42. The predicted molar refractivity (Wildman–Crippen MR) is 50.9 cm³/mol. The first-order chi connectivity index (χ1) is 7.15. The molecule has 0 unspecified atom stereocenters. The molecule has 8 heteroatoms. The zero-order chi connectivity index (χ0) is 11.3. The Morgan fingerprint density at radius 2 is 1.53 bits per heavy atom. The lowest BCUT2D eigenvalue weighted by molar-refractivity contribution is 0.278. The zero-order valence-electron chi connectivity index (χ0n) is 8.59. The summed E-state index contributed by atoms with van der Waals surface area (Å²) in [5, 5.41) is 3.48. The number of ether oxygens (including phenoxy) is 2. The monoisotopic (exact) mass is 213 g/mol. The van der Waals surface area contributed by atoms with Crippen LogP contribution in [0.15, 0.2) is 5.16 Å². The molecule has 0 radical (unpaired) electrons. The number of nitrogens with two attached hydrogens (primary N) is 1. The van der Waals surface area contributed by atoms with E-state index in [1.807, 2.05) is 0 Å². The number of amidine groups is 1. The highest BCUT2D eigenvalue weighted by molar-refractivity contribution is 5.76. The van der Waals surface area contributed by atoms with E-state index in [0.29, 0.717) is 0 Å². The van der Waals surface area contributed by atoms with E-state index in [1.165, 1.54) is 14.2 Å². The summed E-state index contributed by atoms with van der Waals surface area (Å²) >= 11 is 0. The summed E-state index contributed by atoms with van der Waals surface area (Å²) in [5.74, 6) is 0.244. The van der Waals surface area contributed by atoms with E-state index < -0.39 is 0 Å². The molecule has 15 heavy (non-hydrogen) atoms. The quantitative estimate of drug-likeness (QED) is 0.410. The van der Waals surface area contributed by atoms with Crippen LogP contribution >= 0.6 is 0 Å². The number of methoxy groups -OCH3 is 2. The number of aromatic nitrogens is 3. The lowest BCUT2D eigenvalue weighted by Gasteiger charge is -2.02. The maximum atomic E-state index is 5.27. The van der Waals surface area contributed by atoms with Crippen molar-refractivity contribution in [1.29, 1.82) is 0 Å². The largest absolute Gasteiger partial charge is 0.467 e. The third kappa shape index (κ3) is 3.25. The second kappa shape index (κ2) is 4.94. The molecule has 0 amide bonds. The van der Waals surface area contributed by atoms with Gasteiger partial charge in [0.2, 0.25) is 0 Å². The fourth-order valence-electron chi connectivity index (χ4n) is 0.657. The van der Waals surface area contributed by atoms with Crippen LogP contribution in [0.4, 0.5) is 0 Å². The summed E-state index contributed by atoms with van der Waals surface area (Å²) in [5.41, 5.74) is 5.27. The highest BCUT2D eigenvalue weighted by Gasteiger charge is 2.07. The molecule has 0 aliphatic carbocycles. The molecule has 82 valence electrons. The molecule has 1 aromatic rings. The van der Waals surface area contributed by atoms with E-state index in [2.05, 4.69) is 20.1 Å². The van der Waals surface area contributed by atoms with Crippen molar-refractivity contribution in [3.63, 3.8) is 0 Å². The Balaban J connectivity index is 2.91. The third-order valence-corrected chi connectivity index (χ3v) is 1.21. The van der Waals surface area contributed by atoms with Gasteiger partial charge in [0.15, 0.2) is 0 Å². The fraction of sp³-hybridized carbons (Fsp3) is 0.429. The molecule has 2 N–H and O–H groups in total. The van der Waals surface area contributed by atoms with Crippen LogP contribution in [0.5, 0.6) is 18.0 Å².